The smallest absolute Gasteiger partial charge is 0.410 e. The Morgan fingerprint density at radius 3 is 2.55 bits per heavy atom. The van der Waals surface area contributed by atoms with Crippen LogP contribution in [0.25, 0.3) is 0 Å². The van der Waals surface area contributed by atoms with Crippen LogP contribution in [-0.4, -0.2) is 70.0 Å². The Morgan fingerprint density at radius 1 is 1.34 bits per heavy atom. The summed E-state index contributed by atoms with van der Waals surface area (Å²) in [6, 6.07) is 0. The molecule has 2 rings (SSSR count). The molecule has 0 aromatic carbocycles. The number of hydrogen-bond donors (Lipinski definition) is 1. The molecular weight excluding hydrogens is 368 g/mol. The van der Waals surface area contributed by atoms with Gasteiger partial charge in [0.15, 0.2) is 5.96 Å². The standard InChI is InChI=1S/C21H38N6O2/c1-7-22-19(23-13-18-14-24-25(6)15-18)27-11-9-17(10-12-27)16-26(8-2)20(28)29-21(3,4)5/h14-15,17H,7-13,16H2,1-6H3,(H,22,23). The summed E-state index contributed by atoms with van der Waals surface area (Å²) in [5, 5.41) is 7.61. The summed E-state index contributed by atoms with van der Waals surface area (Å²) >= 11 is 0. The summed E-state index contributed by atoms with van der Waals surface area (Å²) in [5.41, 5.74) is 0.646. The molecule has 8 nitrogen and oxygen atoms in total. The van der Waals surface area contributed by atoms with Crippen molar-refractivity contribution < 1.29 is 9.53 Å². The zero-order valence-electron chi connectivity index (χ0n) is 18.9. The van der Waals surface area contributed by atoms with Crippen molar-refractivity contribution in [2.75, 3.05) is 32.7 Å². The molecule has 0 aliphatic carbocycles. The third-order valence-electron chi connectivity index (χ3n) is 4.93. The number of carbonyl (C=O) groups excluding carboxylic acids is 1. The Balaban J connectivity index is 1.88. The molecule has 0 spiro atoms. The summed E-state index contributed by atoms with van der Waals surface area (Å²) in [4.78, 5) is 21.3. The fourth-order valence-corrected chi connectivity index (χ4v) is 3.44. The van der Waals surface area contributed by atoms with Crippen LogP contribution in [0.15, 0.2) is 17.4 Å². The largest absolute Gasteiger partial charge is 0.444 e. The summed E-state index contributed by atoms with van der Waals surface area (Å²) in [7, 11) is 1.92. The van der Waals surface area contributed by atoms with Crippen molar-refractivity contribution in [3.8, 4) is 0 Å². The minimum atomic E-state index is -0.459. The number of carbonyl (C=O) groups is 1. The molecule has 1 saturated heterocycles. The maximum atomic E-state index is 12.4. The van der Waals surface area contributed by atoms with Crippen LogP contribution in [0.2, 0.25) is 0 Å². The van der Waals surface area contributed by atoms with Crippen molar-refractivity contribution in [1.82, 2.24) is 24.9 Å². The fraction of sp³-hybridized carbons (Fsp3) is 0.762. The summed E-state index contributed by atoms with van der Waals surface area (Å²) in [5.74, 6) is 1.44. The third-order valence-corrected chi connectivity index (χ3v) is 4.93. The van der Waals surface area contributed by atoms with Crippen LogP contribution in [0.3, 0.4) is 0 Å². The number of aryl methyl sites for hydroxylation is 1. The third kappa shape index (κ3) is 7.59. The summed E-state index contributed by atoms with van der Waals surface area (Å²) in [6.45, 7) is 14.6. The predicted octanol–water partition coefficient (Wildman–Crippen LogP) is 2.85. The first-order chi connectivity index (χ1) is 13.7. The quantitative estimate of drug-likeness (QED) is 0.581. The number of hydrogen-bond acceptors (Lipinski definition) is 4. The molecule has 8 heteroatoms. The lowest BCUT2D eigenvalue weighted by Gasteiger charge is -2.36. The minimum Gasteiger partial charge on any atom is -0.444 e. The van der Waals surface area contributed by atoms with Gasteiger partial charge in [-0.1, -0.05) is 0 Å². The van der Waals surface area contributed by atoms with Gasteiger partial charge in [-0.25, -0.2) is 9.79 Å². The SMILES string of the molecule is CCNC(=NCc1cnn(C)c1)N1CCC(CN(CC)C(=O)OC(C)(C)C)CC1. The molecule has 1 aliphatic heterocycles. The topological polar surface area (TPSA) is 75.0 Å². The van der Waals surface area contributed by atoms with Gasteiger partial charge in [0.05, 0.1) is 12.7 Å². The van der Waals surface area contributed by atoms with Gasteiger partial charge >= 0.3 is 6.09 Å². The highest BCUT2D eigenvalue weighted by Crippen LogP contribution is 2.20. The average Bonchev–Trinajstić information content (AvgIpc) is 3.07. The van der Waals surface area contributed by atoms with Crippen LogP contribution in [0.4, 0.5) is 4.79 Å². The van der Waals surface area contributed by atoms with Crippen LogP contribution in [-0.2, 0) is 18.3 Å². The molecule has 0 unspecified atom stereocenters. The van der Waals surface area contributed by atoms with E-state index in [1.807, 2.05) is 52.0 Å². The fourth-order valence-electron chi connectivity index (χ4n) is 3.44. The van der Waals surface area contributed by atoms with Gasteiger partial charge in [-0.2, -0.15) is 5.10 Å². The van der Waals surface area contributed by atoms with E-state index in [-0.39, 0.29) is 6.09 Å². The predicted molar refractivity (Wildman–Crippen MR) is 116 cm³/mol. The molecule has 2 heterocycles. The van der Waals surface area contributed by atoms with E-state index in [1.54, 1.807) is 4.68 Å². The molecule has 0 radical (unpaired) electrons. The molecule has 1 aromatic heterocycles. The average molecular weight is 407 g/mol. The van der Waals surface area contributed by atoms with E-state index in [0.717, 1.165) is 50.5 Å². The van der Waals surface area contributed by atoms with E-state index in [0.29, 0.717) is 19.0 Å². The number of likely N-dealkylation sites (tertiary alicyclic amines) is 1. The first-order valence-electron chi connectivity index (χ1n) is 10.7. The van der Waals surface area contributed by atoms with E-state index in [9.17, 15) is 4.79 Å². The van der Waals surface area contributed by atoms with E-state index in [4.69, 9.17) is 9.73 Å². The second-order valence-corrected chi connectivity index (χ2v) is 8.64. The first-order valence-corrected chi connectivity index (χ1v) is 10.7. The maximum absolute atomic E-state index is 12.4. The van der Waals surface area contributed by atoms with Crippen molar-refractivity contribution in [3.63, 3.8) is 0 Å². The van der Waals surface area contributed by atoms with Gasteiger partial charge in [-0.05, 0) is 53.4 Å². The van der Waals surface area contributed by atoms with Gasteiger partial charge in [0, 0.05) is 51.5 Å². The number of nitrogens with zero attached hydrogens (tertiary/aromatic N) is 5. The molecule has 1 amide bonds. The number of rotatable bonds is 6. The van der Waals surface area contributed by atoms with Crippen molar-refractivity contribution in [2.24, 2.45) is 18.0 Å². The second-order valence-electron chi connectivity index (χ2n) is 8.64. The second kappa shape index (κ2) is 10.5. The van der Waals surface area contributed by atoms with Crippen LogP contribution in [0.1, 0.15) is 53.0 Å². The number of piperidine rings is 1. The van der Waals surface area contributed by atoms with Crippen molar-refractivity contribution >= 4 is 12.1 Å². The summed E-state index contributed by atoms with van der Waals surface area (Å²) < 4.78 is 7.34. The van der Waals surface area contributed by atoms with Crippen LogP contribution in [0.5, 0.6) is 0 Å². The van der Waals surface area contributed by atoms with Gasteiger partial charge in [-0.15, -0.1) is 0 Å². The van der Waals surface area contributed by atoms with E-state index in [2.05, 4.69) is 22.2 Å². The summed E-state index contributed by atoms with van der Waals surface area (Å²) in [6.07, 6.45) is 5.71. The number of aromatic nitrogens is 2. The van der Waals surface area contributed by atoms with Crippen LogP contribution >= 0.6 is 0 Å². The molecule has 0 saturated carbocycles. The van der Waals surface area contributed by atoms with Gasteiger partial charge in [0.2, 0.25) is 0 Å². The highest BCUT2D eigenvalue weighted by molar-refractivity contribution is 5.80. The molecule has 0 atom stereocenters. The normalized spacial score (nSPS) is 16.1. The van der Waals surface area contributed by atoms with Gasteiger partial charge in [0.25, 0.3) is 0 Å². The van der Waals surface area contributed by atoms with Gasteiger partial charge in [-0.3, -0.25) is 4.68 Å². The number of nitrogens with one attached hydrogen (secondary N) is 1. The molecule has 29 heavy (non-hydrogen) atoms. The molecule has 1 aromatic rings. The molecule has 1 N–H and O–H groups in total. The maximum Gasteiger partial charge on any atom is 0.410 e. The Morgan fingerprint density at radius 2 is 2.03 bits per heavy atom. The molecule has 1 fully saturated rings. The lowest BCUT2D eigenvalue weighted by Crippen LogP contribution is -2.47. The number of amides is 1. The first kappa shape index (κ1) is 23.0. The zero-order valence-corrected chi connectivity index (χ0v) is 18.9. The van der Waals surface area contributed by atoms with E-state index in [1.165, 1.54) is 0 Å². The molecule has 164 valence electrons. The lowest BCUT2D eigenvalue weighted by molar-refractivity contribution is 0.0214. The molecular formula is C21H38N6O2. The Labute approximate surface area is 175 Å². The Bertz CT molecular complexity index is 671. The minimum absolute atomic E-state index is 0.214. The van der Waals surface area contributed by atoms with Crippen LogP contribution < -0.4 is 5.32 Å². The van der Waals surface area contributed by atoms with E-state index < -0.39 is 5.60 Å². The highest BCUT2D eigenvalue weighted by atomic mass is 16.6. The number of ether oxygens (including phenoxy) is 1. The van der Waals surface area contributed by atoms with Gasteiger partial charge in [0.1, 0.15) is 5.60 Å². The highest BCUT2D eigenvalue weighted by Gasteiger charge is 2.27. The van der Waals surface area contributed by atoms with Crippen molar-refractivity contribution in [2.45, 2.75) is 59.6 Å². The molecule has 1 aliphatic rings. The Hall–Kier alpha value is -2.25. The van der Waals surface area contributed by atoms with Crippen molar-refractivity contribution in [3.05, 3.63) is 18.0 Å². The van der Waals surface area contributed by atoms with Crippen LogP contribution in [0, 0.1) is 5.92 Å². The van der Waals surface area contributed by atoms with E-state index >= 15 is 0 Å². The van der Waals surface area contributed by atoms with Crippen molar-refractivity contribution in [1.29, 1.82) is 0 Å². The Kier molecular flexibility index (Phi) is 8.34. The zero-order chi connectivity index (χ0) is 21.4. The monoisotopic (exact) mass is 406 g/mol. The number of guanidine groups is 1. The number of aliphatic imine (C=N–C) groups is 1. The lowest BCUT2D eigenvalue weighted by atomic mass is 9.96. The van der Waals surface area contributed by atoms with Gasteiger partial charge < -0.3 is 19.9 Å². The molecule has 0 bridgehead atoms.